The van der Waals surface area contributed by atoms with Crippen LogP contribution in [0.15, 0.2) is 30.3 Å². The smallest absolute Gasteiger partial charge is 0.305 e. The van der Waals surface area contributed by atoms with Crippen molar-refractivity contribution in [3.05, 3.63) is 35.9 Å². The Morgan fingerprint density at radius 1 is 1.17 bits per heavy atom. The van der Waals surface area contributed by atoms with E-state index < -0.39 is 0 Å². The molecule has 0 amide bonds. The second-order valence-electron chi connectivity index (χ2n) is 5.34. The number of hydrogen-bond donors (Lipinski definition) is 1. The molecule has 0 aliphatic rings. The summed E-state index contributed by atoms with van der Waals surface area (Å²) in [6, 6.07) is 9.67. The third-order valence-electron chi connectivity index (χ3n) is 3.40. The Morgan fingerprint density at radius 3 is 2.57 bits per heavy atom. The lowest BCUT2D eigenvalue weighted by Crippen LogP contribution is -2.11. The van der Waals surface area contributed by atoms with E-state index in [4.69, 9.17) is 9.84 Å². The monoisotopic (exact) mass is 338 g/mol. The standard InChI is InChI=1S/C18H26O4S/c1-2-22-17(20)11-7-6-10-16(12-13-19)23-18(21)14-15-8-4-3-5-9-15/h3-5,8-9,16,19H,2,6-7,10-14H2,1H3. The van der Waals surface area contributed by atoms with E-state index in [1.165, 1.54) is 11.8 Å². The van der Waals surface area contributed by atoms with Crippen LogP contribution in [-0.2, 0) is 20.7 Å². The molecule has 0 heterocycles. The average molecular weight is 338 g/mol. The van der Waals surface area contributed by atoms with Gasteiger partial charge in [-0.3, -0.25) is 9.59 Å². The number of esters is 1. The van der Waals surface area contributed by atoms with Crippen LogP contribution in [0, 0.1) is 0 Å². The van der Waals surface area contributed by atoms with Gasteiger partial charge in [0.1, 0.15) is 0 Å². The zero-order valence-electron chi connectivity index (χ0n) is 13.7. The number of aliphatic hydroxyl groups is 1. The van der Waals surface area contributed by atoms with Crippen LogP contribution in [-0.4, -0.2) is 34.7 Å². The molecule has 0 aliphatic heterocycles. The fourth-order valence-electron chi connectivity index (χ4n) is 2.27. The zero-order chi connectivity index (χ0) is 16.9. The van der Waals surface area contributed by atoms with Crippen LogP contribution >= 0.6 is 11.8 Å². The summed E-state index contributed by atoms with van der Waals surface area (Å²) in [5.41, 5.74) is 1.01. The molecule has 1 aromatic rings. The van der Waals surface area contributed by atoms with Crippen molar-refractivity contribution in [3.63, 3.8) is 0 Å². The van der Waals surface area contributed by atoms with E-state index in [1.54, 1.807) is 6.92 Å². The molecule has 1 unspecified atom stereocenters. The first-order valence-corrected chi connectivity index (χ1v) is 9.03. The van der Waals surface area contributed by atoms with E-state index in [0.29, 0.717) is 25.9 Å². The third kappa shape index (κ3) is 9.41. The lowest BCUT2D eigenvalue weighted by Gasteiger charge is -2.14. The maximum absolute atomic E-state index is 12.1. The Labute approximate surface area is 142 Å². The van der Waals surface area contributed by atoms with E-state index in [1.807, 2.05) is 30.3 Å². The van der Waals surface area contributed by atoms with Crippen LogP contribution in [0.25, 0.3) is 0 Å². The summed E-state index contributed by atoms with van der Waals surface area (Å²) >= 11 is 1.32. The maximum atomic E-state index is 12.1. The molecule has 0 radical (unpaired) electrons. The lowest BCUT2D eigenvalue weighted by atomic mass is 10.1. The maximum Gasteiger partial charge on any atom is 0.305 e. The van der Waals surface area contributed by atoms with Gasteiger partial charge in [0.25, 0.3) is 0 Å². The normalized spacial score (nSPS) is 11.9. The summed E-state index contributed by atoms with van der Waals surface area (Å²) < 4.78 is 4.89. The predicted molar refractivity (Wildman–Crippen MR) is 93.3 cm³/mol. The highest BCUT2D eigenvalue weighted by molar-refractivity contribution is 8.14. The molecule has 0 saturated heterocycles. The molecule has 0 aromatic heterocycles. The van der Waals surface area contributed by atoms with Gasteiger partial charge >= 0.3 is 5.97 Å². The van der Waals surface area contributed by atoms with Gasteiger partial charge in [-0.2, -0.15) is 0 Å². The van der Waals surface area contributed by atoms with Crippen LogP contribution in [0.2, 0.25) is 0 Å². The van der Waals surface area contributed by atoms with Crippen molar-refractivity contribution in [2.24, 2.45) is 0 Å². The number of thioether (sulfide) groups is 1. The number of rotatable bonds is 11. The highest BCUT2D eigenvalue weighted by Crippen LogP contribution is 2.23. The molecule has 0 saturated carbocycles. The second-order valence-corrected chi connectivity index (χ2v) is 6.70. The molecule has 0 bridgehead atoms. The van der Waals surface area contributed by atoms with Crippen molar-refractivity contribution in [2.45, 2.75) is 50.7 Å². The van der Waals surface area contributed by atoms with Crippen LogP contribution < -0.4 is 0 Å². The Morgan fingerprint density at radius 2 is 1.91 bits per heavy atom. The molecular weight excluding hydrogens is 312 g/mol. The van der Waals surface area contributed by atoms with Crippen molar-refractivity contribution in [1.29, 1.82) is 0 Å². The van der Waals surface area contributed by atoms with Crippen molar-refractivity contribution in [1.82, 2.24) is 0 Å². The number of hydrogen-bond acceptors (Lipinski definition) is 5. The Hall–Kier alpha value is -1.33. The molecule has 1 atom stereocenters. The number of ether oxygens (including phenoxy) is 1. The minimum atomic E-state index is -0.168. The fraction of sp³-hybridized carbons (Fsp3) is 0.556. The van der Waals surface area contributed by atoms with E-state index >= 15 is 0 Å². The summed E-state index contributed by atoms with van der Waals surface area (Å²) in [6.07, 6.45) is 3.87. The van der Waals surface area contributed by atoms with Crippen LogP contribution in [0.1, 0.15) is 44.6 Å². The molecule has 23 heavy (non-hydrogen) atoms. The van der Waals surface area contributed by atoms with Gasteiger partial charge in [0.05, 0.1) is 6.61 Å². The van der Waals surface area contributed by atoms with Crippen LogP contribution in [0.4, 0.5) is 0 Å². The Balaban J connectivity index is 2.30. The Kier molecular flexibility index (Phi) is 10.4. The SMILES string of the molecule is CCOC(=O)CCCCC(CCO)SC(=O)Cc1ccccc1. The van der Waals surface area contributed by atoms with Crippen LogP contribution in [0.3, 0.4) is 0 Å². The van der Waals surface area contributed by atoms with Crippen molar-refractivity contribution < 1.29 is 19.4 Å². The van der Waals surface area contributed by atoms with Crippen molar-refractivity contribution in [3.8, 4) is 0 Å². The molecular formula is C18H26O4S. The van der Waals surface area contributed by atoms with Gasteiger partial charge in [-0.05, 0) is 31.7 Å². The highest BCUT2D eigenvalue weighted by Gasteiger charge is 2.15. The lowest BCUT2D eigenvalue weighted by molar-refractivity contribution is -0.143. The van der Waals surface area contributed by atoms with E-state index in [0.717, 1.165) is 24.8 Å². The average Bonchev–Trinajstić information content (AvgIpc) is 2.53. The molecule has 128 valence electrons. The Bertz CT molecular complexity index is 461. The van der Waals surface area contributed by atoms with E-state index in [9.17, 15) is 9.59 Å². The third-order valence-corrected chi connectivity index (χ3v) is 4.61. The second kappa shape index (κ2) is 12.1. The quantitative estimate of drug-likeness (QED) is 0.495. The van der Waals surface area contributed by atoms with Gasteiger partial charge in [0, 0.05) is 24.7 Å². The van der Waals surface area contributed by atoms with Gasteiger partial charge in [0.15, 0.2) is 5.12 Å². The summed E-state index contributed by atoms with van der Waals surface area (Å²) in [6.45, 7) is 2.29. The molecule has 1 aromatic carbocycles. The van der Waals surface area contributed by atoms with Crippen LogP contribution in [0.5, 0.6) is 0 Å². The van der Waals surface area contributed by atoms with E-state index in [-0.39, 0.29) is 22.9 Å². The number of unbranched alkanes of at least 4 members (excludes halogenated alkanes) is 1. The van der Waals surface area contributed by atoms with E-state index in [2.05, 4.69) is 0 Å². The van der Waals surface area contributed by atoms with Gasteiger partial charge in [-0.25, -0.2) is 0 Å². The largest absolute Gasteiger partial charge is 0.466 e. The summed E-state index contributed by atoms with van der Waals surface area (Å²) in [7, 11) is 0. The first-order chi connectivity index (χ1) is 11.2. The molecule has 1 rings (SSSR count). The topological polar surface area (TPSA) is 63.6 Å². The fourth-order valence-corrected chi connectivity index (χ4v) is 3.40. The summed E-state index contributed by atoms with van der Waals surface area (Å²) in [5.74, 6) is -0.168. The molecule has 1 N–H and O–H groups in total. The summed E-state index contributed by atoms with van der Waals surface area (Å²) in [4.78, 5) is 23.4. The predicted octanol–water partition coefficient (Wildman–Crippen LogP) is 3.36. The van der Waals surface area contributed by atoms with Gasteiger partial charge in [-0.1, -0.05) is 48.5 Å². The molecule has 5 heteroatoms. The highest BCUT2D eigenvalue weighted by atomic mass is 32.2. The first kappa shape index (κ1) is 19.7. The molecule has 0 spiro atoms. The van der Waals surface area contributed by atoms with Gasteiger partial charge < -0.3 is 9.84 Å². The number of carbonyl (C=O) groups excluding carboxylic acids is 2. The summed E-state index contributed by atoms with van der Waals surface area (Å²) in [5, 5.41) is 9.39. The van der Waals surface area contributed by atoms with Crippen molar-refractivity contribution >= 4 is 22.8 Å². The van der Waals surface area contributed by atoms with Gasteiger partial charge in [-0.15, -0.1) is 0 Å². The molecule has 4 nitrogen and oxygen atoms in total. The number of aliphatic hydroxyl groups excluding tert-OH is 1. The number of benzene rings is 1. The van der Waals surface area contributed by atoms with Gasteiger partial charge in [0.2, 0.25) is 0 Å². The minimum absolute atomic E-state index is 0.0775. The van der Waals surface area contributed by atoms with Crippen molar-refractivity contribution in [2.75, 3.05) is 13.2 Å². The zero-order valence-corrected chi connectivity index (χ0v) is 14.5. The molecule has 0 aliphatic carbocycles. The molecule has 0 fully saturated rings. The minimum Gasteiger partial charge on any atom is -0.466 e. The first-order valence-electron chi connectivity index (χ1n) is 8.15. The number of carbonyl (C=O) groups is 2.